The van der Waals surface area contributed by atoms with Crippen molar-refractivity contribution in [2.75, 3.05) is 32.8 Å². The maximum Gasteiger partial charge on any atom is 0.434 e. The first-order valence-electron chi connectivity index (χ1n) is 7.91. The summed E-state index contributed by atoms with van der Waals surface area (Å²) in [6.45, 7) is 7.35. The number of halogens is 3. The number of pyridine rings is 1. The van der Waals surface area contributed by atoms with Crippen molar-refractivity contribution in [3.63, 3.8) is 0 Å². The van der Waals surface area contributed by atoms with E-state index in [1.165, 1.54) is 6.07 Å². The molecule has 1 N–H and O–H groups in total. The summed E-state index contributed by atoms with van der Waals surface area (Å²) in [4.78, 5) is 17.6. The van der Waals surface area contributed by atoms with Crippen molar-refractivity contribution in [2.24, 2.45) is 5.92 Å². The monoisotopic (exact) mass is 345 g/mol. The lowest BCUT2D eigenvalue weighted by Crippen LogP contribution is -2.48. The Kier molecular flexibility index (Phi) is 6.17. The predicted molar refractivity (Wildman–Crippen MR) is 82.6 cm³/mol. The molecule has 1 saturated heterocycles. The summed E-state index contributed by atoms with van der Waals surface area (Å²) in [5.74, 6) is -0.275. The zero-order valence-electron chi connectivity index (χ0n) is 13.8. The Labute approximate surface area is 139 Å². The Morgan fingerprint density at radius 1 is 1.50 bits per heavy atom. The summed E-state index contributed by atoms with van der Waals surface area (Å²) in [7, 11) is 0. The average Bonchev–Trinajstić information content (AvgIpc) is 2.51. The number of rotatable bonds is 5. The van der Waals surface area contributed by atoms with E-state index in [4.69, 9.17) is 4.74 Å². The first kappa shape index (κ1) is 18.7. The van der Waals surface area contributed by atoms with Crippen LogP contribution in [0.4, 0.5) is 13.2 Å². The minimum Gasteiger partial charge on any atom is -0.374 e. The molecule has 1 aromatic rings. The van der Waals surface area contributed by atoms with E-state index in [0.717, 1.165) is 25.4 Å². The first-order chi connectivity index (χ1) is 11.3. The molecule has 0 radical (unpaired) electrons. The Morgan fingerprint density at radius 3 is 2.92 bits per heavy atom. The zero-order valence-corrected chi connectivity index (χ0v) is 13.8. The smallest absolute Gasteiger partial charge is 0.374 e. The quantitative estimate of drug-likeness (QED) is 0.889. The molecule has 134 valence electrons. The van der Waals surface area contributed by atoms with Crippen molar-refractivity contribution in [2.45, 2.75) is 26.1 Å². The molecule has 0 saturated carbocycles. The largest absolute Gasteiger partial charge is 0.434 e. The van der Waals surface area contributed by atoms with Gasteiger partial charge in [-0.15, -0.1) is 0 Å². The number of nitrogens with zero attached hydrogens (tertiary/aromatic N) is 2. The summed E-state index contributed by atoms with van der Waals surface area (Å²) in [6, 6.07) is 2.43. The maximum absolute atomic E-state index is 12.9. The Bertz CT molecular complexity index is 564. The van der Waals surface area contributed by atoms with Crippen LogP contribution in [0, 0.1) is 5.92 Å². The zero-order chi connectivity index (χ0) is 17.7. The molecule has 8 heteroatoms. The van der Waals surface area contributed by atoms with Crippen molar-refractivity contribution in [1.82, 2.24) is 15.2 Å². The predicted octanol–water partition coefficient (Wildman–Crippen LogP) is 2.19. The van der Waals surface area contributed by atoms with Gasteiger partial charge in [-0.3, -0.25) is 14.7 Å². The van der Waals surface area contributed by atoms with Gasteiger partial charge < -0.3 is 10.1 Å². The van der Waals surface area contributed by atoms with Gasteiger partial charge in [0.25, 0.3) is 5.91 Å². The van der Waals surface area contributed by atoms with Gasteiger partial charge in [0.1, 0.15) is 0 Å². The number of hydrogen-bond acceptors (Lipinski definition) is 4. The molecule has 1 aromatic heterocycles. The third-order valence-electron chi connectivity index (χ3n) is 3.66. The number of aromatic nitrogens is 1. The molecule has 0 bridgehead atoms. The van der Waals surface area contributed by atoms with E-state index in [2.05, 4.69) is 29.0 Å². The minimum absolute atomic E-state index is 0.166. The van der Waals surface area contributed by atoms with Crippen LogP contribution in [-0.2, 0) is 10.9 Å². The highest BCUT2D eigenvalue weighted by atomic mass is 19.4. The van der Waals surface area contributed by atoms with E-state index >= 15 is 0 Å². The van der Waals surface area contributed by atoms with Crippen LogP contribution in [0.15, 0.2) is 18.3 Å². The molecule has 1 atom stereocenters. The van der Waals surface area contributed by atoms with E-state index in [-0.39, 0.29) is 12.6 Å². The van der Waals surface area contributed by atoms with Gasteiger partial charge in [-0.05, 0) is 18.1 Å². The van der Waals surface area contributed by atoms with Crippen molar-refractivity contribution in [3.05, 3.63) is 29.6 Å². The number of carbonyl (C=O) groups is 1. The summed E-state index contributed by atoms with van der Waals surface area (Å²) in [5, 5.41) is 2.52. The standard InChI is InChI=1S/C16H22F3N3O2/c1-11(2)9-22-6-7-24-12(10-22)8-21-15(23)13-4-3-5-20-14(13)16(17,18)19/h3-5,11-12H,6-10H2,1-2H3,(H,21,23)/t12-/m0/s1. The number of morpholine rings is 1. The Morgan fingerprint density at radius 2 is 2.25 bits per heavy atom. The molecule has 24 heavy (non-hydrogen) atoms. The van der Waals surface area contributed by atoms with Gasteiger partial charge in [0, 0.05) is 32.4 Å². The highest BCUT2D eigenvalue weighted by Crippen LogP contribution is 2.29. The number of hydrogen-bond donors (Lipinski definition) is 1. The average molecular weight is 345 g/mol. The second-order valence-electron chi connectivity index (χ2n) is 6.25. The van der Waals surface area contributed by atoms with Crippen LogP contribution >= 0.6 is 0 Å². The number of ether oxygens (including phenoxy) is 1. The fraction of sp³-hybridized carbons (Fsp3) is 0.625. The van der Waals surface area contributed by atoms with E-state index in [1.807, 2.05) is 0 Å². The molecule has 2 heterocycles. The van der Waals surface area contributed by atoms with E-state index in [1.54, 1.807) is 0 Å². The van der Waals surface area contributed by atoms with Crippen molar-refractivity contribution < 1.29 is 22.7 Å². The summed E-state index contributed by atoms with van der Waals surface area (Å²) in [5.41, 5.74) is -1.65. The second-order valence-corrected chi connectivity index (χ2v) is 6.25. The van der Waals surface area contributed by atoms with Gasteiger partial charge in [-0.25, -0.2) is 0 Å². The van der Waals surface area contributed by atoms with Gasteiger partial charge in [-0.2, -0.15) is 13.2 Å². The lowest BCUT2D eigenvalue weighted by Gasteiger charge is -2.34. The lowest BCUT2D eigenvalue weighted by molar-refractivity contribution is -0.141. The molecule has 0 unspecified atom stereocenters. The number of carbonyl (C=O) groups excluding carboxylic acids is 1. The van der Waals surface area contributed by atoms with Crippen molar-refractivity contribution >= 4 is 5.91 Å². The Hall–Kier alpha value is -1.67. The highest BCUT2D eigenvalue weighted by Gasteiger charge is 2.37. The fourth-order valence-electron chi connectivity index (χ4n) is 2.70. The maximum atomic E-state index is 12.9. The van der Waals surface area contributed by atoms with Crippen LogP contribution in [0.1, 0.15) is 29.9 Å². The van der Waals surface area contributed by atoms with Crippen molar-refractivity contribution in [3.8, 4) is 0 Å². The third-order valence-corrected chi connectivity index (χ3v) is 3.66. The van der Waals surface area contributed by atoms with E-state index in [9.17, 15) is 18.0 Å². The Balaban J connectivity index is 1.94. The van der Waals surface area contributed by atoms with Crippen LogP contribution in [0.2, 0.25) is 0 Å². The van der Waals surface area contributed by atoms with Crippen LogP contribution in [0.3, 0.4) is 0 Å². The highest BCUT2D eigenvalue weighted by molar-refractivity contribution is 5.95. The van der Waals surface area contributed by atoms with Crippen LogP contribution in [-0.4, -0.2) is 54.7 Å². The van der Waals surface area contributed by atoms with Crippen LogP contribution in [0.5, 0.6) is 0 Å². The molecule has 1 aliphatic heterocycles. The topological polar surface area (TPSA) is 54.5 Å². The normalized spacial score (nSPS) is 19.5. The molecular formula is C16H22F3N3O2. The lowest BCUT2D eigenvalue weighted by atomic mass is 10.1. The summed E-state index contributed by atoms with van der Waals surface area (Å²) in [6.07, 6.45) is -3.87. The summed E-state index contributed by atoms with van der Waals surface area (Å²) >= 11 is 0. The molecule has 1 fully saturated rings. The fourth-order valence-corrected chi connectivity index (χ4v) is 2.70. The summed E-state index contributed by atoms with van der Waals surface area (Å²) < 4.78 is 44.3. The molecule has 0 aliphatic carbocycles. The number of amides is 1. The molecular weight excluding hydrogens is 323 g/mol. The van der Waals surface area contributed by atoms with E-state index in [0.29, 0.717) is 19.1 Å². The van der Waals surface area contributed by atoms with Crippen LogP contribution < -0.4 is 5.32 Å². The molecule has 1 amide bonds. The van der Waals surface area contributed by atoms with Gasteiger partial charge in [-0.1, -0.05) is 13.8 Å². The van der Waals surface area contributed by atoms with Crippen molar-refractivity contribution in [1.29, 1.82) is 0 Å². The molecule has 1 aliphatic rings. The molecule has 0 spiro atoms. The van der Waals surface area contributed by atoms with Gasteiger partial charge in [0.05, 0.1) is 18.3 Å². The van der Waals surface area contributed by atoms with Gasteiger partial charge >= 0.3 is 6.18 Å². The molecule has 5 nitrogen and oxygen atoms in total. The molecule has 0 aromatic carbocycles. The third kappa shape index (κ3) is 5.17. The minimum atomic E-state index is -4.66. The van der Waals surface area contributed by atoms with Gasteiger partial charge in [0.15, 0.2) is 5.69 Å². The van der Waals surface area contributed by atoms with E-state index < -0.39 is 23.3 Å². The van der Waals surface area contributed by atoms with Crippen LogP contribution in [0.25, 0.3) is 0 Å². The SMILES string of the molecule is CC(C)CN1CCO[C@@H](CNC(=O)c2cccnc2C(F)(F)F)C1. The van der Waals surface area contributed by atoms with Gasteiger partial charge in [0.2, 0.25) is 0 Å². The second kappa shape index (κ2) is 7.94. The number of nitrogens with one attached hydrogen (secondary N) is 1. The number of alkyl halides is 3. The first-order valence-corrected chi connectivity index (χ1v) is 7.91. The molecule has 2 rings (SSSR count).